The summed E-state index contributed by atoms with van der Waals surface area (Å²) in [4.78, 5) is 16.1. The van der Waals surface area contributed by atoms with Crippen molar-refractivity contribution >= 4 is 16.7 Å². The number of benzene rings is 1. The average molecular weight is 400 g/mol. The van der Waals surface area contributed by atoms with Crippen molar-refractivity contribution in [1.82, 2.24) is 24.7 Å². The van der Waals surface area contributed by atoms with Crippen LogP contribution in [0.5, 0.6) is 0 Å². The van der Waals surface area contributed by atoms with Crippen LogP contribution in [0, 0.1) is 12.7 Å². The smallest absolute Gasteiger partial charge is 0.140 e. The van der Waals surface area contributed by atoms with Gasteiger partial charge in [0.25, 0.3) is 0 Å². The number of hydrogen-bond donors (Lipinski definition) is 0. The van der Waals surface area contributed by atoms with E-state index in [4.69, 9.17) is 4.98 Å². The van der Waals surface area contributed by atoms with Crippen LogP contribution in [-0.2, 0) is 13.0 Å². The molecule has 6 rings (SSSR count). The Hall–Kier alpha value is -3.35. The van der Waals surface area contributed by atoms with Crippen molar-refractivity contribution in [3.63, 3.8) is 0 Å². The third-order valence-corrected chi connectivity index (χ3v) is 5.94. The third-order valence-electron chi connectivity index (χ3n) is 5.94. The molecule has 2 aliphatic rings. The normalized spacial score (nSPS) is 16.1. The van der Waals surface area contributed by atoms with E-state index in [-0.39, 0.29) is 5.82 Å². The van der Waals surface area contributed by atoms with E-state index in [0.717, 1.165) is 46.5 Å². The van der Waals surface area contributed by atoms with Gasteiger partial charge in [0.2, 0.25) is 0 Å². The van der Waals surface area contributed by atoms with Gasteiger partial charge in [0.1, 0.15) is 17.5 Å². The molecule has 0 bridgehead atoms. The summed E-state index contributed by atoms with van der Waals surface area (Å²) in [6.07, 6.45) is 9.24. The maximum atomic E-state index is 13.9. The molecule has 0 unspecified atom stereocenters. The Morgan fingerprint density at radius 3 is 2.83 bits per heavy atom. The molecule has 7 heteroatoms. The fraction of sp³-hybridized carbons (Fsp3) is 0.304. The third kappa shape index (κ3) is 3.01. The lowest BCUT2D eigenvalue weighted by Gasteiger charge is -2.30. The molecule has 1 aromatic carbocycles. The zero-order chi connectivity index (χ0) is 20.2. The number of pyridine rings is 1. The maximum absolute atomic E-state index is 13.9. The van der Waals surface area contributed by atoms with Crippen LogP contribution in [0.1, 0.15) is 36.0 Å². The highest BCUT2D eigenvalue weighted by Crippen LogP contribution is 2.36. The highest BCUT2D eigenvalue weighted by molar-refractivity contribution is 5.89. The van der Waals surface area contributed by atoms with Gasteiger partial charge in [-0.15, -0.1) is 0 Å². The fourth-order valence-corrected chi connectivity index (χ4v) is 4.23. The number of rotatable bonds is 3. The molecular weight excluding hydrogens is 379 g/mol. The van der Waals surface area contributed by atoms with E-state index in [9.17, 15) is 4.39 Å². The number of hydrogen-bond acceptors (Lipinski definition) is 5. The molecule has 150 valence electrons. The van der Waals surface area contributed by atoms with Crippen molar-refractivity contribution in [2.75, 3.05) is 11.4 Å². The first kappa shape index (κ1) is 17.5. The minimum Gasteiger partial charge on any atom is -0.351 e. The Balaban J connectivity index is 1.36. The lowest BCUT2D eigenvalue weighted by atomic mass is 10.0. The molecule has 6 nitrogen and oxygen atoms in total. The topological polar surface area (TPSA) is 59.7 Å². The van der Waals surface area contributed by atoms with Gasteiger partial charge in [-0.2, -0.15) is 5.10 Å². The van der Waals surface area contributed by atoms with Crippen LogP contribution in [-0.4, -0.2) is 31.3 Å². The number of fused-ring (bicyclic) bond motifs is 2. The van der Waals surface area contributed by atoms with Gasteiger partial charge >= 0.3 is 0 Å². The molecule has 0 radical (unpaired) electrons. The summed E-state index contributed by atoms with van der Waals surface area (Å²) in [5.41, 5.74) is 5.24. The number of aryl methyl sites for hydroxylation is 1. The molecule has 1 aliphatic heterocycles. The van der Waals surface area contributed by atoms with Crippen LogP contribution in [0.25, 0.3) is 22.0 Å². The van der Waals surface area contributed by atoms with Crippen molar-refractivity contribution in [2.45, 2.75) is 38.8 Å². The maximum Gasteiger partial charge on any atom is 0.140 e. The van der Waals surface area contributed by atoms with Crippen LogP contribution in [0.4, 0.5) is 10.2 Å². The SMILES string of the molecule is Cc1nc(N2CCc3ncc(-c4cnn(C5CC5)c4)cc3C2)c2cc(F)ccc2n1. The van der Waals surface area contributed by atoms with Crippen molar-refractivity contribution in [1.29, 1.82) is 0 Å². The summed E-state index contributed by atoms with van der Waals surface area (Å²) in [6.45, 7) is 3.36. The molecule has 4 heterocycles. The summed E-state index contributed by atoms with van der Waals surface area (Å²) in [5, 5.41) is 5.26. The van der Waals surface area contributed by atoms with Crippen LogP contribution in [0.15, 0.2) is 42.9 Å². The Morgan fingerprint density at radius 2 is 1.97 bits per heavy atom. The van der Waals surface area contributed by atoms with Crippen LogP contribution in [0.3, 0.4) is 0 Å². The molecule has 0 saturated heterocycles. The van der Waals surface area contributed by atoms with Gasteiger partial charge < -0.3 is 4.90 Å². The molecular formula is C23H21FN6. The number of nitrogens with zero attached hydrogens (tertiary/aromatic N) is 6. The summed E-state index contributed by atoms with van der Waals surface area (Å²) in [5.74, 6) is 1.20. The van der Waals surface area contributed by atoms with E-state index in [0.29, 0.717) is 18.4 Å². The highest BCUT2D eigenvalue weighted by atomic mass is 19.1. The van der Waals surface area contributed by atoms with Crippen molar-refractivity contribution in [3.05, 3.63) is 65.8 Å². The monoisotopic (exact) mass is 400 g/mol. The molecule has 30 heavy (non-hydrogen) atoms. The van der Waals surface area contributed by atoms with E-state index in [2.05, 4.69) is 36.9 Å². The van der Waals surface area contributed by atoms with E-state index in [1.54, 1.807) is 6.07 Å². The summed E-state index contributed by atoms with van der Waals surface area (Å²) < 4.78 is 16.0. The molecule has 1 aliphatic carbocycles. The first-order valence-corrected chi connectivity index (χ1v) is 10.4. The molecule has 4 aromatic rings. The Kier molecular flexibility index (Phi) is 3.84. The second-order valence-electron chi connectivity index (χ2n) is 8.20. The molecule has 3 aromatic heterocycles. The highest BCUT2D eigenvalue weighted by Gasteiger charge is 2.25. The lowest BCUT2D eigenvalue weighted by Crippen LogP contribution is -2.32. The standard InChI is InChI=1S/C23H21FN6/c1-14-27-22-5-2-18(24)9-20(22)23(28-14)29-7-6-21-16(12-29)8-15(10-25-21)17-11-26-30(13-17)19-3-4-19/h2,5,8-11,13,19H,3-4,6-7,12H2,1H3. The molecule has 1 saturated carbocycles. The Bertz CT molecular complexity index is 1280. The fourth-order valence-electron chi connectivity index (χ4n) is 4.23. The zero-order valence-electron chi connectivity index (χ0n) is 16.7. The lowest BCUT2D eigenvalue weighted by molar-refractivity contribution is 0.629. The zero-order valence-corrected chi connectivity index (χ0v) is 16.7. The molecule has 0 spiro atoms. The summed E-state index contributed by atoms with van der Waals surface area (Å²) in [7, 11) is 0. The van der Waals surface area contributed by atoms with Gasteiger partial charge in [0.15, 0.2) is 0 Å². The number of aromatic nitrogens is 5. The average Bonchev–Trinajstić information content (AvgIpc) is 3.49. The van der Waals surface area contributed by atoms with Gasteiger partial charge in [-0.3, -0.25) is 9.67 Å². The number of anilines is 1. The summed E-state index contributed by atoms with van der Waals surface area (Å²) in [6, 6.07) is 7.47. The van der Waals surface area contributed by atoms with Gasteiger partial charge in [0, 0.05) is 54.1 Å². The van der Waals surface area contributed by atoms with Crippen LogP contribution in [0.2, 0.25) is 0 Å². The van der Waals surface area contributed by atoms with E-state index >= 15 is 0 Å². The first-order valence-electron chi connectivity index (χ1n) is 10.4. The molecule has 1 fully saturated rings. The van der Waals surface area contributed by atoms with Gasteiger partial charge in [-0.1, -0.05) is 0 Å². The van der Waals surface area contributed by atoms with Crippen LogP contribution < -0.4 is 4.90 Å². The summed E-state index contributed by atoms with van der Waals surface area (Å²) >= 11 is 0. The van der Waals surface area contributed by atoms with Crippen molar-refractivity contribution < 1.29 is 4.39 Å². The van der Waals surface area contributed by atoms with Gasteiger partial charge in [-0.05, 0) is 49.6 Å². The Labute approximate surface area is 173 Å². The molecule has 0 atom stereocenters. The quantitative estimate of drug-likeness (QED) is 0.515. The molecule has 0 N–H and O–H groups in total. The van der Waals surface area contributed by atoms with E-state index in [1.807, 2.05) is 19.3 Å². The number of halogens is 1. The second-order valence-corrected chi connectivity index (χ2v) is 8.20. The van der Waals surface area contributed by atoms with Crippen molar-refractivity contribution in [2.24, 2.45) is 0 Å². The van der Waals surface area contributed by atoms with Gasteiger partial charge in [0.05, 0.1) is 17.8 Å². The largest absolute Gasteiger partial charge is 0.351 e. The minimum absolute atomic E-state index is 0.273. The minimum atomic E-state index is -0.273. The van der Waals surface area contributed by atoms with Crippen molar-refractivity contribution in [3.8, 4) is 11.1 Å². The van der Waals surface area contributed by atoms with Gasteiger partial charge in [-0.25, -0.2) is 14.4 Å². The van der Waals surface area contributed by atoms with Crippen LogP contribution >= 0.6 is 0 Å². The predicted octanol–water partition coefficient (Wildman–Crippen LogP) is 4.23. The second kappa shape index (κ2) is 6.58. The van der Waals surface area contributed by atoms with E-state index < -0.39 is 0 Å². The Morgan fingerprint density at radius 1 is 1.07 bits per heavy atom. The molecule has 0 amide bonds. The van der Waals surface area contributed by atoms with E-state index in [1.165, 1.54) is 30.5 Å². The first-order chi connectivity index (χ1) is 14.6. The predicted molar refractivity (Wildman–Crippen MR) is 113 cm³/mol.